The number of piperidine rings is 1. The average Bonchev–Trinajstić information content (AvgIpc) is 2.54. The first-order valence-electron chi connectivity index (χ1n) is 7.43. The lowest BCUT2D eigenvalue weighted by atomic mass is 9.98. The molecule has 1 aliphatic rings. The van der Waals surface area contributed by atoms with E-state index < -0.39 is 0 Å². The summed E-state index contributed by atoms with van der Waals surface area (Å²) in [6, 6.07) is 7.90. The van der Waals surface area contributed by atoms with Gasteiger partial charge in [0.1, 0.15) is 0 Å². The highest BCUT2D eigenvalue weighted by Gasteiger charge is 2.29. The molecule has 0 unspecified atom stereocenters. The van der Waals surface area contributed by atoms with Crippen LogP contribution in [0.15, 0.2) is 33.6 Å². The molecule has 1 saturated heterocycles. The summed E-state index contributed by atoms with van der Waals surface area (Å²) in [6.07, 6.45) is 1.67. The molecule has 0 aromatic heterocycles. The third-order valence-corrected chi connectivity index (χ3v) is 5.10. The SMILES string of the molecule is CCOC(=O)[C@H]1CCCN(C(=O)CSc2ccc(Br)cc2)C1. The monoisotopic (exact) mass is 385 g/mol. The van der Waals surface area contributed by atoms with Crippen LogP contribution in [0.2, 0.25) is 0 Å². The minimum atomic E-state index is -0.180. The molecular formula is C16H20BrNO3S. The Labute approximate surface area is 143 Å². The zero-order valence-corrected chi connectivity index (χ0v) is 15.0. The van der Waals surface area contributed by atoms with E-state index in [-0.39, 0.29) is 17.8 Å². The van der Waals surface area contributed by atoms with E-state index >= 15 is 0 Å². The minimum Gasteiger partial charge on any atom is -0.466 e. The number of esters is 1. The molecule has 0 bridgehead atoms. The van der Waals surface area contributed by atoms with Gasteiger partial charge in [-0.3, -0.25) is 9.59 Å². The number of hydrogen-bond donors (Lipinski definition) is 0. The van der Waals surface area contributed by atoms with E-state index in [1.54, 1.807) is 11.8 Å². The predicted molar refractivity (Wildman–Crippen MR) is 90.8 cm³/mol. The molecule has 6 heteroatoms. The maximum absolute atomic E-state index is 12.3. The highest BCUT2D eigenvalue weighted by Crippen LogP contribution is 2.23. The Morgan fingerprint density at radius 2 is 2.09 bits per heavy atom. The minimum absolute atomic E-state index is 0.0851. The van der Waals surface area contributed by atoms with E-state index in [9.17, 15) is 9.59 Å². The number of carbonyl (C=O) groups excluding carboxylic acids is 2. The first kappa shape index (κ1) is 17.3. The third-order valence-electron chi connectivity index (χ3n) is 3.57. The number of ether oxygens (including phenoxy) is 1. The van der Waals surface area contributed by atoms with Crippen LogP contribution in [0.25, 0.3) is 0 Å². The molecule has 0 spiro atoms. The zero-order valence-electron chi connectivity index (χ0n) is 12.6. The van der Waals surface area contributed by atoms with Crippen LogP contribution in [0.5, 0.6) is 0 Å². The summed E-state index contributed by atoms with van der Waals surface area (Å²) >= 11 is 4.92. The van der Waals surface area contributed by atoms with Gasteiger partial charge in [-0.1, -0.05) is 15.9 Å². The van der Waals surface area contributed by atoms with Crippen LogP contribution in [0, 0.1) is 5.92 Å². The third kappa shape index (κ3) is 5.02. The summed E-state index contributed by atoms with van der Waals surface area (Å²) in [7, 11) is 0. The van der Waals surface area contributed by atoms with Gasteiger partial charge >= 0.3 is 5.97 Å². The Kier molecular flexibility index (Phi) is 6.76. The van der Waals surface area contributed by atoms with Crippen molar-refractivity contribution in [3.63, 3.8) is 0 Å². The molecule has 1 aliphatic heterocycles. The summed E-state index contributed by atoms with van der Waals surface area (Å²) in [5, 5.41) is 0. The van der Waals surface area contributed by atoms with Crippen molar-refractivity contribution in [2.24, 2.45) is 5.92 Å². The fraction of sp³-hybridized carbons (Fsp3) is 0.500. The molecule has 0 aliphatic carbocycles. The molecule has 1 aromatic carbocycles. The summed E-state index contributed by atoms with van der Waals surface area (Å²) in [6.45, 7) is 3.41. The van der Waals surface area contributed by atoms with Crippen molar-refractivity contribution in [3.8, 4) is 0 Å². The number of hydrogen-bond acceptors (Lipinski definition) is 4. The molecule has 2 rings (SSSR count). The summed E-state index contributed by atoms with van der Waals surface area (Å²) < 4.78 is 6.09. The average molecular weight is 386 g/mol. The van der Waals surface area contributed by atoms with Crippen LogP contribution in [-0.4, -0.2) is 42.2 Å². The van der Waals surface area contributed by atoms with Gasteiger partial charge in [0.2, 0.25) is 5.91 Å². The molecule has 0 N–H and O–H groups in total. The molecule has 1 aromatic rings. The maximum Gasteiger partial charge on any atom is 0.310 e. The van der Waals surface area contributed by atoms with Crippen molar-refractivity contribution < 1.29 is 14.3 Å². The lowest BCUT2D eigenvalue weighted by molar-refractivity contribution is -0.151. The second kappa shape index (κ2) is 8.58. The van der Waals surface area contributed by atoms with Gasteiger partial charge in [0.25, 0.3) is 0 Å². The summed E-state index contributed by atoms with van der Waals surface area (Å²) in [5.41, 5.74) is 0. The zero-order chi connectivity index (χ0) is 15.9. The smallest absolute Gasteiger partial charge is 0.310 e. The predicted octanol–water partition coefficient (Wildman–Crippen LogP) is 3.34. The number of likely N-dealkylation sites (tertiary alicyclic amines) is 1. The molecule has 1 fully saturated rings. The lowest BCUT2D eigenvalue weighted by Crippen LogP contribution is -2.43. The Bertz CT molecular complexity index is 521. The second-order valence-corrected chi connectivity index (χ2v) is 7.14. The highest BCUT2D eigenvalue weighted by molar-refractivity contribution is 9.10. The Balaban J connectivity index is 1.83. The van der Waals surface area contributed by atoms with Crippen LogP contribution >= 0.6 is 27.7 Å². The molecule has 1 atom stereocenters. The van der Waals surface area contributed by atoms with Crippen molar-refractivity contribution in [2.45, 2.75) is 24.7 Å². The van der Waals surface area contributed by atoms with Gasteiger partial charge in [0.15, 0.2) is 0 Å². The van der Waals surface area contributed by atoms with Crippen molar-refractivity contribution in [3.05, 3.63) is 28.7 Å². The first-order valence-corrected chi connectivity index (χ1v) is 9.20. The molecule has 0 saturated carbocycles. The number of carbonyl (C=O) groups is 2. The van der Waals surface area contributed by atoms with Crippen LogP contribution in [0.3, 0.4) is 0 Å². The molecule has 0 radical (unpaired) electrons. The fourth-order valence-corrected chi connectivity index (χ4v) is 3.49. The lowest BCUT2D eigenvalue weighted by Gasteiger charge is -2.31. The van der Waals surface area contributed by atoms with Crippen molar-refractivity contribution >= 4 is 39.6 Å². The number of thioether (sulfide) groups is 1. The van der Waals surface area contributed by atoms with E-state index in [0.29, 0.717) is 18.9 Å². The molecular weight excluding hydrogens is 366 g/mol. The van der Waals surface area contributed by atoms with Gasteiger partial charge in [-0.25, -0.2) is 0 Å². The first-order chi connectivity index (χ1) is 10.6. The van der Waals surface area contributed by atoms with Gasteiger partial charge < -0.3 is 9.64 Å². The van der Waals surface area contributed by atoms with Gasteiger partial charge in [-0.05, 0) is 44.0 Å². The summed E-state index contributed by atoms with van der Waals surface area (Å²) in [5.74, 6) is 0.134. The molecule has 4 nitrogen and oxygen atoms in total. The van der Waals surface area contributed by atoms with E-state index in [1.165, 1.54) is 11.8 Å². The second-order valence-electron chi connectivity index (χ2n) is 5.17. The van der Waals surface area contributed by atoms with Crippen LogP contribution in [-0.2, 0) is 14.3 Å². The number of amides is 1. The number of nitrogens with zero attached hydrogens (tertiary/aromatic N) is 1. The largest absolute Gasteiger partial charge is 0.466 e. The molecule has 1 heterocycles. The van der Waals surface area contributed by atoms with Crippen LogP contribution in [0.1, 0.15) is 19.8 Å². The maximum atomic E-state index is 12.3. The Hall–Kier alpha value is -1.01. The highest BCUT2D eigenvalue weighted by atomic mass is 79.9. The van der Waals surface area contributed by atoms with E-state index in [1.807, 2.05) is 24.3 Å². The van der Waals surface area contributed by atoms with E-state index in [4.69, 9.17) is 4.74 Å². The molecule has 22 heavy (non-hydrogen) atoms. The van der Waals surface area contributed by atoms with Crippen molar-refractivity contribution in [2.75, 3.05) is 25.4 Å². The van der Waals surface area contributed by atoms with Gasteiger partial charge in [0, 0.05) is 22.5 Å². The van der Waals surface area contributed by atoms with Crippen LogP contribution in [0.4, 0.5) is 0 Å². The number of halogens is 1. The number of benzene rings is 1. The van der Waals surface area contributed by atoms with Crippen molar-refractivity contribution in [1.82, 2.24) is 4.90 Å². The topological polar surface area (TPSA) is 46.6 Å². The molecule has 1 amide bonds. The van der Waals surface area contributed by atoms with Gasteiger partial charge in [0.05, 0.1) is 18.3 Å². The number of rotatable bonds is 5. The fourth-order valence-electron chi connectivity index (χ4n) is 2.42. The normalized spacial score (nSPS) is 18.1. The quantitative estimate of drug-likeness (QED) is 0.575. The van der Waals surface area contributed by atoms with Gasteiger partial charge in [-0.15, -0.1) is 11.8 Å². The van der Waals surface area contributed by atoms with E-state index in [2.05, 4.69) is 15.9 Å². The standard InChI is InChI=1S/C16H20BrNO3S/c1-2-21-16(20)12-4-3-9-18(10-12)15(19)11-22-14-7-5-13(17)6-8-14/h5-8,12H,2-4,9-11H2,1H3/t12-/m0/s1. The summed E-state index contributed by atoms with van der Waals surface area (Å²) in [4.78, 5) is 27.0. The molecule has 120 valence electrons. The van der Waals surface area contributed by atoms with Crippen molar-refractivity contribution in [1.29, 1.82) is 0 Å². The Morgan fingerprint density at radius 1 is 1.36 bits per heavy atom. The Morgan fingerprint density at radius 3 is 2.77 bits per heavy atom. The van der Waals surface area contributed by atoms with Crippen LogP contribution < -0.4 is 0 Å². The van der Waals surface area contributed by atoms with Gasteiger partial charge in [-0.2, -0.15) is 0 Å². The van der Waals surface area contributed by atoms with E-state index in [0.717, 1.165) is 28.8 Å².